The summed E-state index contributed by atoms with van der Waals surface area (Å²) in [6, 6.07) is 8.75. The maximum atomic E-state index is 12.3. The van der Waals surface area contributed by atoms with Gasteiger partial charge in [0.05, 0.1) is 12.1 Å². The van der Waals surface area contributed by atoms with Crippen molar-refractivity contribution < 1.29 is 4.79 Å². The summed E-state index contributed by atoms with van der Waals surface area (Å²) in [7, 11) is 2.19. The molecule has 7 heteroatoms. The molecule has 2 aliphatic heterocycles. The lowest BCUT2D eigenvalue weighted by atomic mass is 10.1. The van der Waals surface area contributed by atoms with Gasteiger partial charge in [-0.25, -0.2) is 4.98 Å². The smallest absolute Gasteiger partial charge is 0.226 e. The Morgan fingerprint density at radius 1 is 1.00 bits per heavy atom. The maximum absolute atomic E-state index is 12.3. The molecule has 1 aromatic heterocycles. The van der Waals surface area contributed by atoms with Gasteiger partial charge in [0.25, 0.3) is 0 Å². The van der Waals surface area contributed by atoms with Gasteiger partial charge in [0, 0.05) is 50.2 Å². The van der Waals surface area contributed by atoms with Crippen LogP contribution in [0.1, 0.15) is 36.9 Å². The highest BCUT2D eigenvalue weighted by atomic mass is 32.1. The average Bonchev–Trinajstić information content (AvgIpc) is 3.48. The van der Waals surface area contributed by atoms with E-state index in [1.54, 1.807) is 11.3 Å². The van der Waals surface area contributed by atoms with Crippen LogP contribution in [0.3, 0.4) is 0 Å². The molecule has 1 amide bonds. The number of benzene rings is 1. The van der Waals surface area contributed by atoms with Crippen LogP contribution >= 0.6 is 11.3 Å². The van der Waals surface area contributed by atoms with E-state index in [4.69, 9.17) is 4.98 Å². The van der Waals surface area contributed by atoms with Gasteiger partial charge in [0.2, 0.25) is 5.91 Å². The van der Waals surface area contributed by atoms with E-state index in [0.717, 1.165) is 68.4 Å². The molecule has 0 saturated carbocycles. The van der Waals surface area contributed by atoms with E-state index in [-0.39, 0.29) is 5.91 Å². The number of aromatic nitrogens is 1. The van der Waals surface area contributed by atoms with Crippen LogP contribution in [0.2, 0.25) is 0 Å². The van der Waals surface area contributed by atoms with Crippen LogP contribution in [0.5, 0.6) is 0 Å². The molecule has 32 heavy (non-hydrogen) atoms. The third kappa shape index (κ3) is 7.10. The van der Waals surface area contributed by atoms with Crippen molar-refractivity contribution in [2.75, 3.05) is 59.4 Å². The van der Waals surface area contributed by atoms with E-state index in [0.29, 0.717) is 6.42 Å². The van der Waals surface area contributed by atoms with Crippen LogP contribution in [0, 0.1) is 0 Å². The summed E-state index contributed by atoms with van der Waals surface area (Å²) in [5.41, 5.74) is 3.34. The number of amides is 1. The molecule has 3 heterocycles. The number of hydrogen-bond acceptors (Lipinski definition) is 6. The number of nitrogens with one attached hydrogen (secondary N) is 1. The summed E-state index contributed by atoms with van der Waals surface area (Å²) in [5, 5.41) is 6.06. The van der Waals surface area contributed by atoms with Gasteiger partial charge >= 0.3 is 0 Å². The standard InChI is InChI=1S/C25H37N5OS/c1-28-14-16-30(17-15-28)19-21-6-8-22(9-7-21)25-27-23(20-32-25)18-24(31)26-10-2-3-11-29-12-4-5-13-29/h6-9,20H,2-5,10-19H2,1H3,(H,26,31). The minimum Gasteiger partial charge on any atom is -0.356 e. The molecule has 1 N–H and O–H groups in total. The highest BCUT2D eigenvalue weighted by Gasteiger charge is 2.14. The van der Waals surface area contributed by atoms with Crippen LogP contribution in [0.4, 0.5) is 0 Å². The molecule has 4 rings (SSSR count). The van der Waals surface area contributed by atoms with Gasteiger partial charge in [-0.2, -0.15) is 0 Å². The molecular formula is C25H37N5OS. The molecule has 2 aromatic rings. The number of likely N-dealkylation sites (tertiary alicyclic amines) is 1. The fourth-order valence-electron chi connectivity index (χ4n) is 4.46. The molecular weight excluding hydrogens is 418 g/mol. The highest BCUT2D eigenvalue weighted by Crippen LogP contribution is 2.24. The first-order valence-electron chi connectivity index (χ1n) is 12.1. The zero-order valence-corrected chi connectivity index (χ0v) is 20.2. The lowest BCUT2D eigenvalue weighted by molar-refractivity contribution is -0.120. The number of thiazole rings is 1. The maximum Gasteiger partial charge on any atom is 0.226 e. The molecule has 6 nitrogen and oxygen atoms in total. The Kier molecular flexibility index (Phi) is 8.68. The van der Waals surface area contributed by atoms with Crippen LogP contribution in [-0.2, 0) is 17.8 Å². The van der Waals surface area contributed by atoms with Crippen LogP contribution < -0.4 is 5.32 Å². The summed E-state index contributed by atoms with van der Waals surface area (Å²) in [4.78, 5) is 24.4. The highest BCUT2D eigenvalue weighted by molar-refractivity contribution is 7.13. The van der Waals surface area contributed by atoms with Crippen molar-refractivity contribution in [3.63, 3.8) is 0 Å². The van der Waals surface area contributed by atoms with Crippen molar-refractivity contribution >= 4 is 17.2 Å². The van der Waals surface area contributed by atoms with Crippen molar-refractivity contribution in [3.8, 4) is 10.6 Å². The Balaban J connectivity index is 1.18. The zero-order valence-electron chi connectivity index (χ0n) is 19.4. The van der Waals surface area contributed by atoms with Crippen molar-refractivity contribution in [2.24, 2.45) is 0 Å². The van der Waals surface area contributed by atoms with E-state index in [9.17, 15) is 4.79 Å². The second-order valence-corrected chi connectivity index (χ2v) is 10.1. The topological polar surface area (TPSA) is 51.7 Å². The summed E-state index contributed by atoms with van der Waals surface area (Å²) in [6.45, 7) is 9.99. The van der Waals surface area contributed by atoms with Gasteiger partial charge in [-0.1, -0.05) is 24.3 Å². The normalized spacial score (nSPS) is 18.3. The molecule has 174 valence electrons. The predicted molar refractivity (Wildman–Crippen MR) is 132 cm³/mol. The first-order chi connectivity index (χ1) is 15.7. The molecule has 0 spiro atoms. The Labute approximate surface area is 196 Å². The third-order valence-electron chi connectivity index (χ3n) is 6.52. The monoisotopic (exact) mass is 455 g/mol. The molecule has 2 saturated heterocycles. The van der Waals surface area contributed by atoms with Crippen molar-refractivity contribution in [1.29, 1.82) is 0 Å². The number of likely N-dealkylation sites (N-methyl/N-ethyl adjacent to an activating group) is 1. The number of piperazine rings is 1. The van der Waals surface area contributed by atoms with Crippen LogP contribution in [0.25, 0.3) is 10.6 Å². The lowest BCUT2D eigenvalue weighted by Gasteiger charge is -2.32. The average molecular weight is 456 g/mol. The largest absolute Gasteiger partial charge is 0.356 e. The van der Waals surface area contributed by atoms with Gasteiger partial charge in [0.1, 0.15) is 5.01 Å². The van der Waals surface area contributed by atoms with E-state index < -0.39 is 0 Å². The van der Waals surface area contributed by atoms with E-state index in [1.807, 2.05) is 5.38 Å². The van der Waals surface area contributed by atoms with E-state index in [1.165, 1.54) is 38.0 Å². The van der Waals surface area contributed by atoms with Gasteiger partial charge in [0.15, 0.2) is 0 Å². The molecule has 0 aliphatic carbocycles. The lowest BCUT2D eigenvalue weighted by Crippen LogP contribution is -2.43. The molecule has 1 aromatic carbocycles. The number of carbonyl (C=O) groups is 1. The zero-order chi connectivity index (χ0) is 22.2. The molecule has 0 bridgehead atoms. The molecule has 2 aliphatic rings. The summed E-state index contributed by atoms with van der Waals surface area (Å²) in [6.07, 6.45) is 5.25. The predicted octanol–water partition coefficient (Wildman–Crippen LogP) is 3.09. The number of rotatable bonds is 10. The first-order valence-corrected chi connectivity index (χ1v) is 13.0. The van der Waals surface area contributed by atoms with Gasteiger partial charge < -0.3 is 15.1 Å². The van der Waals surface area contributed by atoms with Gasteiger partial charge in [-0.3, -0.25) is 9.69 Å². The SMILES string of the molecule is CN1CCN(Cc2ccc(-c3nc(CC(=O)NCCCCN4CCCC4)cs3)cc2)CC1. The van der Waals surface area contributed by atoms with Crippen molar-refractivity contribution in [3.05, 3.63) is 40.9 Å². The minimum absolute atomic E-state index is 0.0746. The third-order valence-corrected chi connectivity index (χ3v) is 7.46. The fourth-order valence-corrected chi connectivity index (χ4v) is 5.28. The van der Waals surface area contributed by atoms with E-state index >= 15 is 0 Å². The van der Waals surface area contributed by atoms with Crippen molar-refractivity contribution in [1.82, 2.24) is 25.0 Å². The Morgan fingerprint density at radius 3 is 2.50 bits per heavy atom. The van der Waals surface area contributed by atoms with Crippen LogP contribution in [0.15, 0.2) is 29.6 Å². The Bertz CT molecular complexity index is 838. The minimum atomic E-state index is 0.0746. The quantitative estimate of drug-likeness (QED) is 0.558. The van der Waals surface area contributed by atoms with Gasteiger partial charge in [-0.05, 0) is 57.9 Å². The molecule has 0 unspecified atom stereocenters. The van der Waals surface area contributed by atoms with E-state index in [2.05, 4.69) is 51.3 Å². The number of unbranched alkanes of at least 4 members (excludes halogenated alkanes) is 1. The second kappa shape index (κ2) is 11.9. The Morgan fingerprint density at radius 2 is 1.75 bits per heavy atom. The number of hydrogen-bond donors (Lipinski definition) is 1. The molecule has 2 fully saturated rings. The second-order valence-electron chi connectivity index (χ2n) is 9.20. The summed E-state index contributed by atoms with van der Waals surface area (Å²) < 4.78 is 0. The molecule has 0 radical (unpaired) electrons. The molecule has 0 atom stereocenters. The van der Waals surface area contributed by atoms with Gasteiger partial charge in [-0.15, -0.1) is 11.3 Å². The van der Waals surface area contributed by atoms with Crippen LogP contribution in [-0.4, -0.2) is 85.0 Å². The Hall–Kier alpha value is -1.80. The number of nitrogens with zero attached hydrogens (tertiary/aromatic N) is 4. The number of carbonyl (C=O) groups excluding carboxylic acids is 1. The summed E-state index contributed by atoms with van der Waals surface area (Å²) in [5.74, 6) is 0.0746. The van der Waals surface area contributed by atoms with Crippen molar-refractivity contribution in [2.45, 2.75) is 38.6 Å². The summed E-state index contributed by atoms with van der Waals surface area (Å²) >= 11 is 1.62. The fraction of sp³-hybridized carbons (Fsp3) is 0.600. The first kappa shape index (κ1) is 23.4.